The maximum absolute atomic E-state index is 3.90. The fourth-order valence-corrected chi connectivity index (χ4v) is 0.475. The summed E-state index contributed by atoms with van der Waals surface area (Å²) in [5.74, 6) is 0.504. The Morgan fingerprint density at radius 1 is 1.18 bits per heavy atom. The second-order valence-electron chi connectivity index (χ2n) is 2.84. The van der Waals surface area contributed by atoms with Crippen LogP contribution in [-0.2, 0) is 0 Å². The van der Waals surface area contributed by atoms with Crippen LogP contribution in [0.4, 0.5) is 0 Å². The van der Waals surface area contributed by atoms with Crippen LogP contribution in [0.3, 0.4) is 0 Å². The summed E-state index contributed by atoms with van der Waals surface area (Å²) in [6.45, 7) is 15.5. The summed E-state index contributed by atoms with van der Waals surface area (Å²) in [4.78, 5) is 0. The lowest BCUT2D eigenvalue weighted by molar-refractivity contribution is 0.795. The van der Waals surface area contributed by atoms with Crippen LogP contribution in [0.25, 0.3) is 0 Å². The molecule has 0 bridgehead atoms. The van der Waals surface area contributed by atoms with Gasteiger partial charge < -0.3 is 0 Å². The van der Waals surface area contributed by atoms with Crippen LogP contribution in [0, 0.1) is 5.92 Å². The van der Waals surface area contributed by atoms with Gasteiger partial charge in [-0.3, -0.25) is 0 Å². The molecule has 0 fully saturated rings. The van der Waals surface area contributed by atoms with E-state index in [2.05, 4.69) is 33.6 Å². The summed E-state index contributed by atoms with van der Waals surface area (Å²) in [6, 6.07) is 0. The van der Waals surface area contributed by atoms with Gasteiger partial charge in [-0.05, 0) is 11.5 Å². The van der Waals surface area contributed by atoms with Gasteiger partial charge in [-0.2, -0.15) is 0 Å². The zero-order valence-electron chi connectivity index (χ0n) is 7.43. The Bertz CT molecular complexity index is 192. The fraction of sp³-hybridized carbons (Fsp3) is 0.273. The van der Waals surface area contributed by atoms with E-state index < -0.39 is 0 Å². The smallest absolute Gasteiger partial charge is 0.0225 e. The number of hydrogen-bond acceptors (Lipinski definition) is 0. The highest BCUT2D eigenvalue weighted by Crippen LogP contribution is 2.08. The molecule has 0 heterocycles. The van der Waals surface area contributed by atoms with Gasteiger partial charge in [0, 0.05) is 0 Å². The summed E-state index contributed by atoms with van der Waals surface area (Å²) in [5.41, 5.74) is 2.04. The van der Waals surface area contributed by atoms with Crippen molar-refractivity contribution in [3.63, 3.8) is 0 Å². The number of rotatable bonds is 4. The topological polar surface area (TPSA) is 0 Å². The predicted molar refractivity (Wildman–Crippen MR) is 52.5 cm³/mol. The van der Waals surface area contributed by atoms with E-state index in [1.54, 1.807) is 6.08 Å². The molecular formula is C11H16. The van der Waals surface area contributed by atoms with Crippen molar-refractivity contribution in [3.05, 3.63) is 49.1 Å². The third kappa shape index (κ3) is 4.38. The van der Waals surface area contributed by atoms with Crippen molar-refractivity contribution in [3.8, 4) is 0 Å². The van der Waals surface area contributed by atoms with Gasteiger partial charge in [0.15, 0.2) is 0 Å². The standard InChI is InChI=1S/C11H16/c1-6-10(4)7-8-11(5)9(2)3/h6-9H,1,4-5H2,2-3H3/b8-7-. The minimum Gasteiger partial charge on any atom is -0.0985 e. The summed E-state index contributed by atoms with van der Waals surface area (Å²) in [7, 11) is 0. The summed E-state index contributed by atoms with van der Waals surface area (Å²) in [5, 5.41) is 0. The van der Waals surface area contributed by atoms with Gasteiger partial charge in [0.2, 0.25) is 0 Å². The Kier molecular flexibility index (Phi) is 4.28. The third-order valence-electron chi connectivity index (χ3n) is 1.52. The van der Waals surface area contributed by atoms with Gasteiger partial charge in [-0.15, -0.1) is 0 Å². The summed E-state index contributed by atoms with van der Waals surface area (Å²) in [6.07, 6.45) is 5.63. The van der Waals surface area contributed by atoms with Crippen molar-refractivity contribution in [2.24, 2.45) is 5.92 Å². The zero-order chi connectivity index (χ0) is 8.85. The lowest BCUT2D eigenvalue weighted by Crippen LogP contribution is -1.86. The minimum atomic E-state index is 0.504. The lowest BCUT2D eigenvalue weighted by atomic mass is 10.0. The van der Waals surface area contributed by atoms with Crippen LogP contribution in [0.5, 0.6) is 0 Å². The molecule has 0 aliphatic carbocycles. The maximum atomic E-state index is 3.90. The second kappa shape index (κ2) is 4.73. The van der Waals surface area contributed by atoms with Crippen LogP contribution in [0.1, 0.15) is 13.8 Å². The second-order valence-corrected chi connectivity index (χ2v) is 2.84. The lowest BCUT2D eigenvalue weighted by Gasteiger charge is -2.01. The van der Waals surface area contributed by atoms with Crippen LogP contribution in [0.2, 0.25) is 0 Å². The maximum Gasteiger partial charge on any atom is -0.0225 e. The van der Waals surface area contributed by atoms with Crippen LogP contribution < -0.4 is 0 Å². The average molecular weight is 148 g/mol. The molecular weight excluding hydrogens is 132 g/mol. The Morgan fingerprint density at radius 3 is 2.09 bits per heavy atom. The van der Waals surface area contributed by atoms with Gasteiger partial charge in [0.05, 0.1) is 0 Å². The zero-order valence-corrected chi connectivity index (χ0v) is 7.43. The molecule has 0 atom stereocenters. The Balaban J connectivity index is 4.03. The molecule has 0 aliphatic rings. The van der Waals surface area contributed by atoms with Crippen molar-refractivity contribution < 1.29 is 0 Å². The molecule has 0 spiro atoms. The molecule has 0 aromatic heterocycles. The van der Waals surface area contributed by atoms with Gasteiger partial charge in [-0.25, -0.2) is 0 Å². The summed E-state index contributed by atoms with van der Waals surface area (Å²) >= 11 is 0. The highest BCUT2D eigenvalue weighted by molar-refractivity contribution is 5.31. The molecule has 0 N–H and O–H groups in total. The van der Waals surface area contributed by atoms with E-state index in [9.17, 15) is 0 Å². The van der Waals surface area contributed by atoms with Crippen LogP contribution in [-0.4, -0.2) is 0 Å². The number of hydrogen-bond donors (Lipinski definition) is 0. The van der Waals surface area contributed by atoms with E-state index in [1.807, 2.05) is 12.2 Å². The third-order valence-corrected chi connectivity index (χ3v) is 1.52. The van der Waals surface area contributed by atoms with E-state index in [0.29, 0.717) is 5.92 Å². The Hall–Kier alpha value is -1.04. The average Bonchev–Trinajstić information content (AvgIpc) is 1.99. The molecule has 0 unspecified atom stereocenters. The van der Waals surface area contributed by atoms with Crippen LogP contribution in [0.15, 0.2) is 49.1 Å². The van der Waals surface area contributed by atoms with Crippen molar-refractivity contribution >= 4 is 0 Å². The molecule has 0 nitrogen and oxygen atoms in total. The van der Waals surface area contributed by atoms with E-state index in [0.717, 1.165) is 11.1 Å². The van der Waals surface area contributed by atoms with Gasteiger partial charge >= 0.3 is 0 Å². The highest BCUT2D eigenvalue weighted by atomic mass is 14.0. The molecule has 0 heteroatoms. The molecule has 0 rings (SSSR count). The minimum absolute atomic E-state index is 0.504. The molecule has 0 saturated heterocycles. The Labute approximate surface area is 69.6 Å². The summed E-state index contributed by atoms with van der Waals surface area (Å²) < 4.78 is 0. The van der Waals surface area contributed by atoms with Crippen molar-refractivity contribution in [1.29, 1.82) is 0 Å². The van der Waals surface area contributed by atoms with Gasteiger partial charge in [0.25, 0.3) is 0 Å². The van der Waals surface area contributed by atoms with E-state index >= 15 is 0 Å². The van der Waals surface area contributed by atoms with Crippen molar-refractivity contribution in [1.82, 2.24) is 0 Å². The fourth-order valence-electron chi connectivity index (χ4n) is 0.475. The highest BCUT2D eigenvalue weighted by Gasteiger charge is 1.93. The van der Waals surface area contributed by atoms with Crippen LogP contribution >= 0.6 is 0 Å². The SMILES string of the molecule is C=CC(=C)/C=C\C(=C)C(C)C. The largest absolute Gasteiger partial charge is 0.0985 e. The molecule has 0 radical (unpaired) electrons. The first-order valence-corrected chi connectivity index (χ1v) is 3.76. The van der Waals surface area contributed by atoms with Crippen molar-refractivity contribution in [2.75, 3.05) is 0 Å². The predicted octanol–water partition coefficient (Wildman–Crippen LogP) is 3.50. The molecule has 0 saturated carbocycles. The normalized spacial score (nSPS) is 10.5. The number of allylic oxidation sites excluding steroid dienone is 5. The molecule has 0 amide bonds. The molecule has 0 aliphatic heterocycles. The molecule has 60 valence electrons. The molecule has 0 aromatic carbocycles. The van der Waals surface area contributed by atoms with Gasteiger partial charge in [0.1, 0.15) is 0 Å². The first kappa shape index (κ1) is 9.96. The van der Waals surface area contributed by atoms with E-state index in [-0.39, 0.29) is 0 Å². The quantitative estimate of drug-likeness (QED) is 0.535. The van der Waals surface area contributed by atoms with E-state index in [1.165, 1.54) is 0 Å². The van der Waals surface area contributed by atoms with Gasteiger partial charge in [-0.1, -0.05) is 57.4 Å². The first-order valence-electron chi connectivity index (χ1n) is 3.76. The molecule has 11 heavy (non-hydrogen) atoms. The Morgan fingerprint density at radius 2 is 1.73 bits per heavy atom. The van der Waals surface area contributed by atoms with Crippen molar-refractivity contribution in [2.45, 2.75) is 13.8 Å². The first-order chi connectivity index (χ1) is 5.07. The monoisotopic (exact) mass is 148 g/mol. The molecule has 0 aromatic rings. The van der Waals surface area contributed by atoms with E-state index in [4.69, 9.17) is 0 Å².